The fraction of sp³-hybridized carbons (Fsp3) is 0.474. The van der Waals surface area contributed by atoms with Crippen molar-refractivity contribution in [2.75, 3.05) is 13.1 Å². The van der Waals surface area contributed by atoms with Gasteiger partial charge >= 0.3 is 0 Å². The van der Waals surface area contributed by atoms with Crippen LogP contribution in [0, 0.1) is 5.82 Å². The van der Waals surface area contributed by atoms with Crippen molar-refractivity contribution in [3.05, 3.63) is 54.4 Å². The Hall–Kier alpha value is -1.95. The largest absolute Gasteiger partial charge is 0.363 e. The van der Waals surface area contributed by atoms with Crippen LogP contribution in [0.5, 0.6) is 0 Å². The molecule has 25 heavy (non-hydrogen) atoms. The van der Waals surface area contributed by atoms with Gasteiger partial charge in [0.25, 0.3) is 0 Å². The topological polar surface area (TPSA) is 33.1 Å². The van der Waals surface area contributed by atoms with E-state index in [0.717, 1.165) is 32.5 Å². The van der Waals surface area contributed by atoms with Gasteiger partial charge in [-0.2, -0.15) is 0 Å². The fourth-order valence-corrected chi connectivity index (χ4v) is 2.89. The van der Waals surface area contributed by atoms with E-state index in [0.29, 0.717) is 17.2 Å². The van der Waals surface area contributed by atoms with Crippen molar-refractivity contribution in [3.8, 4) is 0 Å². The standard InChI is InChI=1S/C19H27FN4S/c1-2-3-6-10-22-19(25)24(13-7-12-23-14-11-21-16-23)15-17-8-4-5-9-18(17)20/h4-5,8-9,11,14,16H,2-3,6-7,10,12-13,15H2,1H3,(H,22,25). The predicted molar refractivity (Wildman–Crippen MR) is 104 cm³/mol. The third kappa shape index (κ3) is 6.82. The number of imidazole rings is 1. The number of nitrogens with one attached hydrogen (secondary N) is 1. The van der Waals surface area contributed by atoms with E-state index < -0.39 is 0 Å². The Labute approximate surface area is 155 Å². The van der Waals surface area contributed by atoms with Gasteiger partial charge < -0.3 is 14.8 Å². The number of thiocarbonyl (C=S) groups is 1. The van der Waals surface area contributed by atoms with Crippen LogP contribution in [0.2, 0.25) is 0 Å². The Kier molecular flexibility index (Phi) is 8.39. The van der Waals surface area contributed by atoms with Crippen molar-refractivity contribution >= 4 is 17.3 Å². The van der Waals surface area contributed by atoms with Crippen molar-refractivity contribution in [1.29, 1.82) is 0 Å². The van der Waals surface area contributed by atoms with Crippen molar-refractivity contribution in [1.82, 2.24) is 19.8 Å². The van der Waals surface area contributed by atoms with Gasteiger partial charge in [-0.25, -0.2) is 9.37 Å². The van der Waals surface area contributed by atoms with Crippen LogP contribution in [0.4, 0.5) is 4.39 Å². The Morgan fingerprint density at radius 3 is 2.84 bits per heavy atom. The minimum atomic E-state index is -0.184. The van der Waals surface area contributed by atoms with Crippen LogP contribution in [-0.2, 0) is 13.1 Å². The number of unbranched alkanes of at least 4 members (excludes halogenated alkanes) is 2. The van der Waals surface area contributed by atoms with Crippen LogP contribution in [0.15, 0.2) is 43.0 Å². The number of aryl methyl sites for hydroxylation is 1. The molecule has 1 heterocycles. The molecular weight excluding hydrogens is 335 g/mol. The molecule has 136 valence electrons. The highest BCUT2D eigenvalue weighted by molar-refractivity contribution is 7.80. The van der Waals surface area contributed by atoms with E-state index >= 15 is 0 Å². The van der Waals surface area contributed by atoms with Gasteiger partial charge in [-0.15, -0.1) is 0 Å². The maximum atomic E-state index is 14.0. The highest BCUT2D eigenvalue weighted by atomic mass is 32.1. The van der Waals surface area contributed by atoms with Gasteiger partial charge in [-0.3, -0.25) is 0 Å². The van der Waals surface area contributed by atoms with E-state index in [1.807, 2.05) is 29.2 Å². The summed E-state index contributed by atoms with van der Waals surface area (Å²) >= 11 is 5.55. The first-order valence-corrected chi connectivity index (χ1v) is 9.33. The minimum Gasteiger partial charge on any atom is -0.363 e. The number of benzene rings is 1. The SMILES string of the molecule is CCCCCNC(=S)N(CCCn1ccnc1)Cc1ccccc1F. The lowest BCUT2D eigenvalue weighted by atomic mass is 10.2. The predicted octanol–water partition coefficient (Wildman–Crippen LogP) is 3.98. The van der Waals surface area contributed by atoms with E-state index in [2.05, 4.69) is 22.1 Å². The molecule has 0 amide bonds. The molecule has 0 spiro atoms. The maximum absolute atomic E-state index is 14.0. The van der Waals surface area contributed by atoms with Crippen LogP contribution in [-0.4, -0.2) is 32.7 Å². The molecule has 0 saturated carbocycles. The molecule has 4 nitrogen and oxygen atoms in total. The van der Waals surface area contributed by atoms with E-state index in [1.54, 1.807) is 12.3 Å². The summed E-state index contributed by atoms with van der Waals surface area (Å²) in [5.41, 5.74) is 0.669. The van der Waals surface area contributed by atoms with E-state index in [-0.39, 0.29) is 5.82 Å². The molecule has 2 rings (SSSR count). The van der Waals surface area contributed by atoms with Gasteiger partial charge in [0.1, 0.15) is 5.82 Å². The van der Waals surface area contributed by atoms with Crippen LogP contribution in [0.25, 0.3) is 0 Å². The average Bonchev–Trinajstić information content (AvgIpc) is 3.13. The van der Waals surface area contributed by atoms with Crippen molar-refractivity contribution in [2.24, 2.45) is 0 Å². The molecule has 0 unspecified atom stereocenters. The molecule has 6 heteroatoms. The Bertz CT molecular complexity index is 630. The third-order valence-electron chi connectivity index (χ3n) is 4.07. The first kappa shape index (κ1) is 19.4. The average molecular weight is 363 g/mol. The molecule has 0 aliphatic rings. The number of hydrogen-bond acceptors (Lipinski definition) is 2. The minimum absolute atomic E-state index is 0.184. The zero-order valence-corrected chi connectivity index (χ0v) is 15.6. The number of nitrogens with zero attached hydrogens (tertiary/aromatic N) is 3. The van der Waals surface area contributed by atoms with Crippen LogP contribution in [0.1, 0.15) is 38.2 Å². The summed E-state index contributed by atoms with van der Waals surface area (Å²) in [7, 11) is 0. The highest BCUT2D eigenvalue weighted by Crippen LogP contribution is 2.11. The zero-order chi connectivity index (χ0) is 17.9. The molecule has 2 aromatic rings. The third-order valence-corrected chi connectivity index (χ3v) is 4.47. The molecule has 1 N–H and O–H groups in total. The highest BCUT2D eigenvalue weighted by Gasteiger charge is 2.12. The van der Waals surface area contributed by atoms with Crippen molar-refractivity contribution in [3.63, 3.8) is 0 Å². The van der Waals surface area contributed by atoms with Crippen molar-refractivity contribution < 1.29 is 4.39 Å². The summed E-state index contributed by atoms with van der Waals surface area (Å²) in [4.78, 5) is 6.11. The summed E-state index contributed by atoms with van der Waals surface area (Å²) in [5, 5.41) is 4.02. The summed E-state index contributed by atoms with van der Waals surface area (Å²) in [5.74, 6) is -0.184. The maximum Gasteiger partial charge on any atom is 0.169 e. The molecule has 1 aromatic carbocycles. The van der Waals surface area contributed by atoms with Crippen LogP contribution in [0.3, 0.4) is 0 Å². The molecular formula is C19H27FN4S. The first-order valence-electron chi connectivity index (χ1n) is 8.92. The monoisotopic (exact) mass is 362 g/mol. The van der Waals surface area contributed by atoms with Crippen LogP contribution < -0.4 is 5.32 Å². The van der Waals surface area contributed by atoms with Gasteiger partial charge in [0.05, 0.1) is 6.33 Å². The second-order valence-electron chi connectivity index (χ2n) is 6.11. The van der Waals surface area contributed by atoms with Gasteiger partial charge in [-0.1, -0.05) is 38.0 Å². The summed E-state index contributed by atoms with van der Waals surface area (Å²) in [6.45, 7) is 5.16. The summed E-state index contributed by atoms with van der Waals surface area (Å²) < 4.78 is 16.0. The van der Waals surface area contributed by atoms with E-state index in [1.165, 1.54) is 18.9 Å². The number of aromatic nitrogens is 2. The smallest absolute Gasteiger partial charge is 0.169 e. The molecule has 0 aliphatic carbocycles. The zero-order valence-electron chi connectivity index (χ0n) is 14.8. The Morgan fingerprint density at radius 2 is 2.12 bits per heavy atom. The Balaban J connectivity index is 1.92. The van der Waals surface area contributed by atoms with E-state index in [4.69, 9.17) is 12.2 Å². The second-order valence-corrected chi connectivity index (χ2v) is 6.49. The van der Waals surface area contributed by atoms with Gasteiger partial charge in [0.15, 0.2) is 5.11 Å². The lowest BCUT2D eigenvalue weighted by Gasteiger charge is -2.26. The normalized spacial score (nSPS) is 10.6. The number of halogens is 1. The van der Waals surface area contributed by atoms with Gasteiger partial charge in [0.2, 0.25) is 0 Å². The quantitative estimate of drug-likeness (QED) is 0.512. The summed E-state index contributed by atoms with van der Waals surface area (Å²) in [6, 6.07) is 6.89. The molecule has 0 bridgehead atoms. The Morgan fingerprint density at radius 1 is 1.28 bits per heavy atom. The fourth-order valence-electron chi connectivity index (χ4n) is 2.63. The molecule has 0 saturated heterocycles. The molecule has 1 aromatic heterocycles. The molecule has 0 atom stereocenters. The first-order chi connectivity index (χ1) is 12.2. The molecule has 0 radical (unpaired) electrons. The van der Waals surface area contributed by atoms with Gasteiger partial charge in [-0.05, 0) is 31.1 Å². The molecule has 0 fully saturated rings. The number of hydrogen-bond donors (Lipinski definition) is 1. The second kappa shape index (κ2) is 10.8. The van der Waals surface area contributed by atoms with Crippen LogP contribution >= 0.6 is 12.2 Å². The summed E-state index contributed by atoms with van der Waals surface area (Å²) in [6.07, 6.45) is 9.91. The van der Waals surface area contributed by atoms with Crippen molar-refractivity contribution in [2.45, 2.75) is 45.7 Å². The van der Waals surface area contributed by atoms with E-state index in [9.17, 15) is 4.39 Å². The lowest BCUT2D eigenvalue weighted by Crippen LogP contribution is -2.40. The van der Waals surface area contributed by atoms with Gasteiger partial charge in [0, 0.05) is 44.1 Å². The molecule has 0 aliphatic heterocycles. The number of rotatable bonds is 10. The lowest BCUT2D eigenvalue weighted by molar-refractivity contribution is 0.377.